The molecular weight excluding hydrogens is 353 g/mol. The van der Waals surface area contributed by atoms with E-state index in [2.05, 4.69) is 15.3 Å². The molecule has 1 atom stereocenters. The maximum absolute atomic E-state index is 13.5. The molecule has 142 valence electrons. The van der Waals surface area contributed by atoms with Gasteiger partial charge in [0.15, 0.2) is 0 Å². The summed E-state index contributed by atoms with van der Waals surface area (Å²) in [5.74, 6) is -0.592. The summed E-state index contributed by atoms with van der Waals surface area (Å²) in [5.41, 5.74) is 6.03. The third kappa shape index (κ3) is 3.97. The lowest BCUT2D eigenvalue weighted by Crippen LogP contribution is -2.30. The molecule has 1 aromatic carbocycles. The largest absolute Gasteiger partial charge is 0.496 e. The van der Waals surface area contributed by atoms with E-state index in [1.54, 1.807) is 4.90 Å². The Hall–Kier alpha value is -3.23. The minimum atomic E-state index is -0.562. The van der Waals surface area contributed by atoms with Crippen molar-refractivity contribution in [3.8, 4) is 5.75 Å². The maximum Gasteiger partial charge on any atom is 0.224 e. The van der Waals surface area contributed by atoms with Crippen LogP contribution in [0.4, 0.5) is 16.2 Å². The van der Waals surface area contributed by atoms with Crippen molar-refractivity contribution in [3.63, 3.8) is 0 Å². The Morgan fingerprint density at radius 2 is 2.15 bits per heavy atom. The van der Waals surface area contributed by atoms with Gasteiger partial charge in [0, 0.05) is 32.3 Å². The first kappa shape index (κ1) is 18.6. The van der Waals surface area contributed by atoms with Crippen molar-refractivity contribution in [3.05, 3.63) is 41.3 Å². The number of methoxy groups -OCH3 is 1. The van der Waals surface area contributed by atoms with Gasteiger partial charge in [0.2, 0.25) is 17.6 Å². The summed E-state index contributed by atoms with van der Waals surface area (Å²) < 4.78 is 18.6. The Labute approximate surface area is 155 Å². The SMILES string of the molecule is COc1ccc(F)cc1C(=O)c1cnc(NC2CCN(C(C)=O)C2)nc1N. The van der Waals surface area contributed by atoms with E-state index in [0.29, 0.717) is 13.1 Å². The minimum Gasteiger partial charge on any atom is -0.496 e. The van der Waals surface area contributed by atoms with Crippen LogP contribution in [0.1, 0.15) is 29.3 Å². The van der Waals surface area contributed by atoms with Gasteiger partial charge in [-0.25, -0.2) is 9.37 Å². The van der Waals surface area contributed by atoms with Gasteiger partial charge >= 0.3 is 0 Å². The molecule has 0 radical (unpaired) electrons. The lowest BCUT2D eigenvalue weighted by Gasteiger charge is -2.15. The number of hydrogen-bond donors (Lipinski definition) is 2. The summed E-state index contributed by atoms with van der Waals surface area (Å²) in [5, 5.41) is 3.11. The van der Waals surface area contributed by atoms with Crippen LogP contribution in [0.3, 0.4) is 0 Å². The van der Waals surface area contributed by atoms with E-state index in [1.807, 2.05) is 0 Å². The molecular formula is C18H20FN5O3. The second-order valence-electron chi connectivity index (χ2n) is 6.26. The molecule has 0 saturated carbocycles. The van der Waals surface area contributed by atoms with E-state index in [4.69, 9.17) is 10.5 Å². The molecule has 3 rings (SSSR count). The van der Waals surface area contributed by atoms with Crippen molar-refractivity contribution in [1.82, 2.24) is 14.9 Å². The highest BCUT2D eigenvalue weighted by atomic mass is 19.1. The summed E-state index contributed by atoms with van der Waals surface area (Å²) in [6.45, 7) is 2.75. The van der Waals surface area contributed by atoms with Gasteiger partial charge in [0.1, 0.15) is 17.4 Å². The summed E-state index contributed by atoms with van der Waals surface area (Å²) in [6, 6.07) is 3.67. The van der Waals surface area contributed by atoms with Crippen LogP contribution in [0, 0.1) is 5.82 Å². The molecule has 1 aliphatic heterocycles. The second-order valence-corrected chi connectivity index (χ2v) is 6.26. The van der Waals surface area contributed by atoms with Gasteiger partial charge in [-0.3, -0.25) is 9.59 Å². The van der Waals surface area contributed by atoms with Crippen LogP contribution in [-0.2, 0) is 4.79 Å². The number of nitrogens with zero attached hydrogens (tertiary/aromatic N) is 3. The molecule has 1 amide bonds. The highest BCUT2D eigenvalue weighted by molar-refractivity contribution is 6.13. The fraction of sp³-hybridized carbons (Fsp3) is 0.333. The minimum absolute atomic E-state index is 0.0122. The second kappa shape index (κ2) is 7.56. The number of nitrogen functional groups attached to an aromatic ring is 1. The number of rotatable bonds is 5. The third-order valence-corrected chi connectivity index (χ3v) is 4.44. The number of nitrogens with two attached hydrogens (primary N) is 1. The van der Waals surface area contributed by atoms with Crippen LogP contribution < -0.4 is 15.8 Å². The molecule has 1 saturated heterocycles. The Morgan fingerprint density at radius 1 is 1.37 bits per heavy atom. The summed E-state index contributed by atoms with van der Waals surface area (Å²) in [7, 11) is 1.39. The number of aromatic nitrogens is 2. The Bertz CT molecular complexity index is 889. The average Bonchev–Trinajstić information content (AvgIpc) is 3.10. The fourth-order valence-corrected chi connectivity index (χ4v) is 2.99. The Balaban J connectivity index is 1.78. The predicted octanol–water partition coefficient (Wildman–Crippen LogP) is 1.47. The van der Waals surface area contributed by atoms with Crippen LogP contribution in [0.2, 0.25) is 0 Å². The van der Waals surface area contributed by atoms with Crippen molar-refractivity contribution in [2.75, 3.05) is 31.2 Å². The first-order valence-corrected chi connectivity index (χ1v) is 8.42. The lowest BCUT2D eigenvalue weighted by atomic mass is 10.0. The van der Waals surface area contributed by atoms with Crippen molar-refractivity contribution in [2.24, 2.45) is 0 Å². The van der Waals surface area contributed by atoms with Gasteiger partial charge < -0.3 is 20.7 Å². The zero-order chi connectivity index (χ0) is 19.6. The quantitative estimate of drug-likeness (QED) is 0.764. The first-order valence-electron chi connectivity index (χ1n) is 8.42. The van der Waals surface area contributed by atoms with E-state index >= 15 is 0 Å². The zero-order valence-corrected chi connectivity index (χ0v) is 15.0. The zero-order valence-electron chi connectivity index (χ0n) is 15.0. The third-order valence-electron chi connectivity index (χ3n) is 4.44. The van der Waals surface area contributed by atoms with Crippen molar-refractivity contribution in [2.45, 2.75) is 19.4 Å². The number of benzene rings is 1. The normalized spacial score (nSPS) is 16.3. The molecule has 3 N–H and O–H groups in total. The Morgan fingerprint density at radius 3 is 2.78 bits per heavy atom. The fourth-order valence-electron chi connectivity index (χ4n) is 2.99. The van der Waals surface area contributed by atoms with E-state index in [0.717, 1.165) is 12.5 Å². The number of hydrogen-bond acceptors (Lipinski definition) is 7. The van der Waals surface area contributed by atoms with E-state index in [-0.39, 0.29) is 40.6 Å². The number of amides is 1. The number of anilines is 2. The number of halogens is 1. The molecule has 2 heterocycles. The van der Waals surface area contributed by atoms with Gasteiger partial charge in [0.05, 0.1) is 18.2 Å². The molecule has 2 aromatic rings. The predicted molar refractivity (Wildman–Crippen MR) is 97.1 cm³/mol. The van der Waals surface area contributed by atoms with Gasteiger partial charge in [0.25, 0.3) is 0 Å². The number of nitrogens with one attached hydrogen (secondary N) is 1. The molecule has 1 unspecified atom stereocenters. The maximum atomic E-state index is 13.5. The molecule has 27 heavy (non-hydrogen) atoms. The standard InChI is InChI=1S/C18H20FN5O3/c1-10(25)24-6-5-12(9-24)22-18-21-8-14(17(20)23-18)16(26)13-7-11(19)3-4-15(13)27-2/h3-4,7-8,12H,5-6,9H2,1-2H3,(H3,20,21,22,23). The van der Waals surface area contributed by atoms with E-state index < -0.39 is 11.6 Å². The topological polar surface area (TPSA) is 110 Å². The first-order chi connectivity index (χ1) is 12.9. The smallest absolute Gasteiger partial charge is 0.224 e. The average molecular weight is 373 g/mol. The molecule has 1 fully saturated rings. The summed E-state index contributed by atoms with van der Waals surface area (Å²) in [4.78, 5) is 34.1. The highest BCUT2D eigenvalue weighted by Crippen LogP contribution is 2.25. The highest BCUT2D eigenvalue weighted by Gasteiger charge is 2.25. The van der Waals surface area contributed by atoms with Crippen LogP contribution in [-0.4, -0.2) is 52.8 Å². The van der Waals surface area contributed by atoms with E-state index in [9.17, 15) is 14.0 Å². The van der Waals surface area contributed by atoms with Crippen molar-refractivity contribution >= 4 is 23.5 Å². The molecule has 0 spiro atoms. The molecule has 8 nitrogen and oxygen atoms in total. The van der Waals surface area contributed by atoms with Gasteiger partial charge in [-0.05, 0) is 24.6 Å². The molecule has 0 aliphatic carbocycles. The van der Waals surface area contributed by atoms with Crippen LogP contribution >= 0.6 is 0 Å². The van der Waals surface area contributed by atoms with Gasteiger partial charge in [-0.1, -0.05) is 0 Å². The number of likely N-dealkylation sites (tertiary alicyclic amines) is 1. The molecule has 9 heteroatoms. The summed E-state index contributed by atoms with van der Waals surface area (Å²) in [6.07, 6.45) is 2.07. The van der Waals surface area contributed by atoms with Crippen molar-refractivity contribution in [1.29, 1.82) is 0 Å². The number of ether oxygens (including phenoxy) is 1. The van der Waals surface area contributed by atoms with Gasteiger partial charge in [-0.15, -0.1) is 0 Å². The van der Waals surface area contributed by atoms with Crippen LogP contribution in [0.5, 0.6) is 5.75 Å². The number of carbonyl (C=O) groups is 2. The molecule has 1 aromatic heterocycles. The van der Waals surface area contributed by atoms with Crippen LogP contribution in [0.25, 0.3) is 0 Å². The number of carbonyl (C=O) groups excluding carboxylic acids is 2. The van der Waals surface area contributed by atoms with E-state index in [1.165, 1.54) is 32.4 Å². The van der Waals surface area contributed by atoms with Crippen molar-refractivity contribution < 1.29 is 18.7 Å². The molecule has 0 bridgehead atoms. The van der Waals surface area contributed by atoms with Crippen LogP contribution in [0.15, 0.2) is 24.4 Å². The Kier molecular flexibility index (Phi) is 5.20. The lowest BCUT2D eigenvalue weighted by molar-refractivity contribution is -0.127. The summed E-state index contributed by atoms with van der Waals surface area (Å²) >= 11 is 0. The van der Waals surface area contributed by atoms with Gasteiger partial charge in [-0.2, -0.15) is 4.98 Å². The molecule has 1 aliphatic rings. The monoisotopic (exact) mass is 373 g/mol. The number of ketones is 1.